The Morgan fingerprint density at radius 3 is 2.80 bits per heavy atom. The number of hydrogen-bond donors (Lipinski definition) is 1. The summed E-state index contributed by atoms with van der Waals surface area (Å²) in [7, 11) is 1.62. The van der Waals surface area contributed by atoms with Gasteiger partial charge in [-0.1, -0.05) is 17.3 Å². The molecule has 3 aromatic rings. The van der Waals surface area contributed by atoms with Gasteiger partial charge in [0.2, 0.25) is 0 Å². The highest BCUT2D eigenvalue weighted by Crippen LogP contribution is 2.24. The molecule has 1 N–H and O–H groups in total. The van der Waals surface area contributed by atoms with Gasteiger partial charge >= 0.3 is 5.97 Å². The van der Waals surface area contributed by atoms with Crippen molar-refractivity contribution < 1.29 is 14.6 Å². The molecule has 102 valence electrons. The molecule has 3 rings (SSSR count). The monoisotopic (exact) mass is 289 g/mol. The fourth-order valence-corrected chi connectivity index (χ4v) is 2.76. The Balaban J connectivity index is 1.91. The van der Waals surface area contributed by atoms with Crippen molar-refractivity contribution in [3.8, 4) is 5.75 Å². The molecule has 0 aliphatic carbocycles. The molecule has 0 aliphatic rings. The number of nitrogens with zero attached hydrogens (tertiary/aromatic N) is 3. The van der Waals surface area contributed by atoms with Crippen LogP contribution < -0.4 is 4.74 Å². The standard InChI is InChI=1S/C13H11N3O3S/c1-19-9-4-2-8(3-5-9)7-16-12-10(14-15-16)6-11(20-12)13(17)18/h2-6H,7H2,1H3,(H,17,18). The van der Waals surface area contributed by atoms with E-state index in [4.69, 9.17) is 9.84 Å². The van der Waals surface area contributed by atoms with Gasteiger partial charge in [-0.05, 0) is 23.8 Å². The first kappa shape index (κ1) is 12.6. The number of methoxy groups -OCH3 is 1. The van der Waals surface area contributed by atoms with Gasteiger partial charge < -0.3 is 9.84 Å². The third-order valence-electron chi connectivity index (χ3n) is 2.89. The predicted molar refractivity (Wildman–Crippen MR) is 74.5 cm³/mol. The van der Waals surface area contributed by atoms with E-state index in [1.54, 1.807) is 17.9 Å². The molecule has 0 amide bonds. The number of carbonyl (C=O) groups is 1. The van der Waals surface area contributed by atoms with Crippen LogP contribution in [0.1, 0.15) is 15.2 Å². The van der Waals surface area contributed by atoms with Crippen LogP contribution in [-0.2, 0) is 6.54 Å². The lowest BCUT2D eigenvalue weighted by atomic mass is 10.2. The van der Waals surface area contributed by atoms with Gasteiger partial charge in [-0.3, -0.25) is 0 Å². The van der Waals surface area contributed by atoms with Crippen LogP contribution in [0.25, 0.3) is 10.3 Å². The third kappa shape index (κ3) is 2.23. The van der Waals surface area contributed by atoms with Gasteiger partial charge in [-0.25, -0.2) is 9.48 Å². The second-order valence-corrected chi connectivity index (χ2v) is 5.23. The van der Waals surface area contributed by atoms with Gasteiger partial charge in [-0.2, -0.15) is 0 Å². The van der Waals surface area contributed by atoms with Crippen LogP contribution in [0, 0.1) is 0 Å². The molecular formula is C13H11N3O3S. The fourth-order valence-electron chi connectivity index (χ4n) is 1.88. The number of aromatic nitrogens is 3. The zero-order valence-corrected chi connectivity index (χ0v) is 11.4. The van der Waals surface area contributed by atoms with Crippen LogP contribution in [-0.4, -0.2) is 33.2 Å². The first-order valence-electron chi connectivity index (χ1n) is 5.86. The Labute approximate surface area is 118 Å². The molecule has 20 heavy (non-hydrogen) atoms. The van der Waals surface area contributed by atoms with Gasteiger partial charge in [0.05, 0.1) is 13.7 Å². The fraction of sp³-hybridized carbons (Fsp3) is 0.154. The summed E-state index contributed by atoms with van der Waals surface area (Å²) < 4.78 is 6.81. The van der Waals surface area contributed by atoms with Crippen molar-refractivity contribution in [3.63, 3.8) is 0 Å². The molecule has 7 heteroatoms. The van der Waals surface area contributed by atoms with Crippen molar-refractivity contribution in [2.45, 2.75) is 6.54 Å². The zero-order valence-electron chi connectivity index (χ0n) is 10.6. The minimum absolute atomic E-state index is 0.272. The van der Waals surface area contributed by atoms with Gasteiger partial charge in [0.1, 0.15) is 21.0 Å². The van der Waals surface area contributed by atoms with Crippen LogP contribution in [0.15, 0.2) is 30.3 Å². The molecule has 0 bridgehead atoms. The molecule has 2 heterocycles. The van der Waals surface area contributed by atoms with E-state index in [0.717, 1.165) is 16.1 Å². The molecule has 0 saturated carbocycles. The van der Waals surface area contributed by atoms with Crippen molar-refractivity contribution in [1.82, 2.24) is 15.0 Å². The molecule has 0 fully saturated rings. The summed E-state index contributed by atoms with van der Waals surface area (Å²) in [5, 5.41) is 17.0. The number of carboxylic acids is 1. The lowest BCUT2D eigenvalue weighted by molar-refractivity contribution is 0.0702. The topological polar surface area (TPSA) is 77.2 Å². The first-order chi connectivity index (χ1) is 9.67. The normalized spacial score (nSPS) is 10.8. The summed E-state index contributed by atoms with van der Waals surface area (Å²) in [6, 6.07) is 9.18. The molecule has 2 aromatic heterocycles. The van der Waals surface area contributed by atoms with Crippen LogP contribution in [0.5, 0.6) is 5.75 Å². The van der Waals surface area contributed by atoms with Gasteiger partial charge in [0.25, 0.3) is 0 Å². The van der Waals surface area contributed by atoms with Crippen LogP contribution in [0.4, 0.5) is 0 Å². The van der Waals surface area contributed by atoms with Gasteiger partial charge in [0.15, 0.2) is 0 Å². The van der Waals surface area contributed by atoms with E-state index >= 15 is 0 Å². The Kier molecular flexibility index (Phi) is 3.11. The molecule has 0 aliphatic heterocycles. The zero-order chi connectivity index (χ0) is 14.1. The van der Waals surface area contributed by atoms with Crippen molar-refractivity contribution in [2.75, 3.05) is 7.11 Å². The summed E-state index contributed by atoms with van der Waals surface area (Å²) in [5.74, 6) is -0.147. The summed E-state index contributed by atoms with van der Waals surface area (Å²) >= 11 is 1.18. The minimum atomic E-state index is -0.941. The lowest BCUT2D eigenvalue weighted by Gasteiger charge is -2.03. The number of hydrogen-bond acceptors (Lipinski definition) is 5. The number of fused-ring (bicyclic) bond motifs is 1. The minimum Gasteiger partial charge on any atom is -0.497 e. The van der Waals surface area contributed by atoms with Gasteiger partial charge in [-0.15, -0.1) is 16.4 Å². The Hall–Kier alpha value is -2.41. The maximum Gasteiger partial charge on any atom is 0.346 e. The van der Waals surface area contributed by atoms with Crippen molar-refractivity contribution in [3.05, 3.63) is 40.8 Å². The summed E-state index contributed by atoms with van der Waals surface area (Å²) in [4.78, 5) is 12.0. The highest BCUT2D eigenvalue weighted by Gasteiger charge is 2.14. The van der Waals surface area contributed by atoms with Crippen LogP contribution in [0.2, 0.25) is 0 Å². The number of thiophene rings is 1. The van der Waals surface area contributed by atoms with E-state index in [9.17, 15) is 4.79 Å². The maximum absolute atomic E-state index is 10.9. The number of ether oxygens (including phenoxy) is 1. The first-order valence-corrected chi connectivity index (χ1v) is 6.68. The third-order valence-corrected chi connectivity index (χ3v) is 4.02. The Morgan fingerprint density at radius 1 is 1.40 bits per heavy atom. The molecule has 0 unspecified atom stereocenters. The highest BCUT2D eigenvalue weighted by atomic mass is 32.1. The van der Waals surface area contributed by atoms with E-state index in [1.807, 2.05) is 24.3 Å². The maximum atomic E-state index is 10.9. The van der Waals surface area contributed by atoms with E-state index < -0.39 is 5.97 Å². The van der Waals surface area contributed by atoms with E-state index in [2.05, 4.69) is 10.3 Å². The average molecular weight is 289 g/mol. The predicted octanol–water partition coefficient (Wildman–Crippen LogP) is 2.25. The molecule has 1 aromatic carbocycles. The van der Waals surface area contributed by atoms with Crippen molar-refractivity contribution in [2.24, 2.45) is 0 Å². The number of rotatable bonds is 4. The Bertz CT molecular complexity index is 761. The summed E-state index contributed by atoms with van der Waals surface area (Å²) in [6.07, 6.45) is 0. The molecule has 0 saturated heterocycles. The molecular weight excluding hydrogens is 278 g/mol. The average Bonchev–Trinajstić information content (AvgIpc) is 3.02. The smallest absolute Gasteiger partial charge is 0.346 e. The summed E-state index contributed by atoms with van der Waals surface area (Å²) in [5.41, 5.74) is 1.66. The second-order valence-electron chi connectivity index (χ2n) is 4.20. The highest BCUT2D eigenvalue weighted by molar-refractivity contribution is 7.20. The number of aromatic carboxylic acids is 1. The quantitative estimate of drug-likeness (QED) is 0.797. The Morgan fingerprint density at radius 2 is 2.15 bits per heavy atom. The largest absolute Gasteiger partial charge is 0.497 e. The SMILES string of the molecule is COc1ccc(Cn2nnc3cc(C(=O)O)sc32)cc1. The van der Waals surface area contributed by atoms with Crippen LogP contribution in [0.3, 0.4) is 0 Å². The molecule has 0 radical (unpaired) electrons. The van der Waals surface area contributed by atoms with E-state index in [1.165, 1.54) is 11.3 Å². The lowest BCUT2D eigenvalue weighted by Crippen LogP contribution is -2.01. The number of carboxylic acid groups (broad SMARTS) is 1. The molecule has 0 spiro atoms. The van der Waals surface area contributed by atoms with Gasteiger partial charge in [0, 0.05) is 0 Å². The van der Waals surface area contributed by atoms with Crippen LogP contribution >= 0.6 is 11.3 Å². The van der Waals surface area contributed by atoms with Crippen molar-refractivity contribution in [1.29, 1.82) is 0 Å². The molecule has 0 atom stereocenters. The van der Waals surface area contributed by atoms with Crippen molar-refractivity contribution >= 4 is 27.7 Å². The van der Waals surface area contributed by atoms with E-state index in [-0.39, 0.29) is 4.88 Å². The number of benzene rings is 1. The van der Waals surface area contributed by atoms with E-state index in [0.29, 0.717) is 12.1 Å². The summed E-state index contributed by atoms with van der Waals surface area (Å²) in [6.45, 7) is 0.542. The molecule has 6 nitrogen and oxygen atoms in total. The second kappa shape index (κ2) is 4.93.